The van der Waals surface area contributed by atoms with Crippen LogP contribution in [0, 0.1) is 0 Å². The lowest BCUT2D eigenvalue weighted by atomic mass is 10.0. The van der Waals surface area contributed by atoms with Gasteiger partial charge in [0.2, 0.25) is 0 Å². The second-order valence-electron chi connectivity index (χ2n) is 4.23. The van der Waals surface area contributed by atoms with Gasteiger partial charge in [0.25, 0.3) is 5.91 Å². The molecule has 0 fully saturated rings. The SMILES string of the molecule is COc1cc(Br)ccc1C(=O)NC(C)(C)C(=O)O. The standard InChI is InChI=1S/C12H14BrNO4/c1-12(2,11(16)17)14-10(15)8-5-4-7(13)6-9(8)18-3/h4-6H,1-3H3,(H,14,15)(H,16,17). The zero-order chi connectivity index (χ0) is 13.9. The van der Waals surface area contributed by atoms with E-state index in [2.05, 4.69) is 21.2 Å². The first-order chi connectivity index (χ1) is 8.27. The molecule has 0 atom stereocenters. The summed E-state index contributed by atoms with van der Waals surface area (Å²) in [6, 6.07) is 4.89. The van der Waals surface area contributed by atoms with Crippen LogP contribution in [0.1, 0.15) is 24.2 Å². The number of carbonyl (C=O) groups excluding carboxylic acids is 1. The zero-order valence-corrected chi connectivity index (χ0v) is 11.9. The quantitative estimate of drug-likeness (QED) is 0.891. The highest BCUT2D eigenvalue weighted by atomic mass is 79.9. The fraction of sp³-hybridized carbons (Fsp3) is 0.333. The summed E-state index contributed by atoms with van der Waals surface area (Å²) in [5.41, 5.74) is -1.05. The molecule has 1 amide bonds. The molecule has 0 saturated heterocycles. The van der Waals surface area contributed by atoms with Gasteiger partial charge in [-0.15, -0.1) is 0 Å². The van der Waals surface area contributed by atoms with Crippen LogP contribution in [-0.4, -0.2) is 29.6 Å². The fourth-order valence-electron chi connectivity index (χ4n) is 1.26. The molecule has 98 valence electrons. The summed E-state index contributed by atoms with van der Waals surface area (Å²) >= 11 is 3.27. The number of methoxy groups -OCH3 is 1. The van der Waals surface area contributed by atoms with Crippen LogP contribution >= 0.6 is 15.9 Å². The summed E-state index contributed by atoms with van der Waals surface area (Å²) in [7, 11) is 1.45. The van der Waals surface area contributed by atoms with Crippen molar-refractivity contribution in [3.05, 3.63) is 28.2 Å². The summed E-state index contributed by atoms with van der Waals surface area (Å²) < 4.78 is 5.86. The predicted molar refractivity (Wildman–Crippen MR) is 69.9 cm³/mol. The first-order valence-corrected chi connectivity index (χ1v) is 5.96. The largest absolute Gasteiger partial charge is 0.496 e. The number of benzene rings is 1. The number of amides is 1. The van der Waals surface area contributed by atoms with E-state index in [1.807, 2.05) is 0 Å². The molecule has 1 aromatic carbocycles. The first kappa shape index (κ1) is 14.5. The molecule has 5 nitrogen and oxygen atoms in total. The van der Waals surface area contributed by atoms with Crippen LogP contribution in [0.2, 0.25) is 0 Å². The highest BCUT2D eigenvalue weighted by molar-refractivity contribution is 9.10. The van der Waals surface area contributed by atoms with E-state index in [0.717, 1.165) is 4.47 Å². The highest BCUT2D eigenvalue weighted by Gasteiger charge is 2.30. The normalized spacial score (nSPS) is 10.9. The molecule has 18 heavy (non-hydrogen) atoms. The lowest BCUT2D eigenvalue weighted by molar-refractivity contribution is -0.143. The van der Waals surface area contributed by atoms with E-state index in [1.165, 1.54) is 21.0 Å². The van der Waals surface area contributed by atoms with Gasteiger partial charge in [-0.2, -0.15) is 0 Å². The van der Waals surface area contributed by atoms with Gasteiger partial charge in [-0.1, -0.05) is 15.9 Å². The van der Waals surface area contributed by atoms with Crippen molar-refractivity contribution in [2.45, 2.75) is 19.4 Å². The van der Waals surface area contributed by atoms with Crippen LogP contribution in [0.3, 0.4) is 0 Å². The topological polar surface area (TPSA) is 75.6 Å². The third-order valence-electron chi connectivity index (χ3n) is 2.37. The van der Waals surface area contributed by atoms with E-state index in [4.69, 9.17) is 9.84 Å². The predicted octanol–water partition coefficient (Wildman–Crippen LogP) is 2.05. The van der Waals surface area contributed by atoms with E-state index >= 15 is 0 Å². The smallest absolute Gasteiger partial charge is 0.328 e. The van der Waals surface area contributed by atoms with Crippen molar-refractivity contribution in [1.29, 1.82) is 0 Å². The van der Waals surface area contributed by atoms with E-state index < -0.39 is 17.4 Å². The molecule has 0 bridgehead atoms. The number of nitrogens with one attached hydrogen (secondary N) is 1. The van der Waals surface area contributed by atoms with Gasteiger partial charge >= 0.3 is 5.97 Å². The maximum Gasteiger partial charge on any atom is 0.328 e. The average molecular weight is 316 g/mol. The van der Waals surface area contributed by atoms with Crippen molar-refractivity contribution in [2.75, 3.05) is 7.11 Å². The number of halogens is 1. The lowest BCUT2D eigenvalue weighted by Gasteiger charge is -2.21. The molecular formula is C12H14BrNO4. The Bertz CT molecular complexity index is 485. The maximum absolute atomic E-state index is 12.0. The summed E-state index contributed by atoms with van der Waals surface area (Å²) in [5.74, 6) is -1.22. The monoisotopic (exact) mass is 315 g/mol. The average Bonchev–Trinajstić information content (AvgIpc) is 2.27. The second kappa shape index (κ2) is 5.39. The third-order valence-corrected chi connectivity index (χ3v) is 2.86. The number of carbonyl (C=O) groups is 2. The molecule has 0 unspecified atom stereocenters. The van der Waals surface area contributed by atoms with E-state index in [-0.39, 0.29) is 5.56 Å². The molecule has 1 rings (SSSR count). The Balaban J connectivity index is 3.01. The molecular weight excluding hydrogens is 302 g/mol. The van der Waals surface area contributed by atoms with Crippen LogP contribution in [0.25, 0.3) is 0 Å². The molecule has 0 saturated carbocycles. The number of carboxylic acid groups (broad SMARTS) is 1. The molecule has 2 N–H and O–H groups in total. The van der Waals surface area contributed by atoms with Crippen LogP contribution in [0.15, 0.2) is 22.7 Å². The highest BCUT2D eigenvalue weighted by Crippen LogP contribution is 2.23. The van der Waals surface area contributed by atoms with Gasteiger partial charge in [-0.05, 0) is 32.0 Å². The van der Waals surface area contributed by atoms with Gasteiger partial charge < -0.3 is 15.2 Å². The molecule has 0 aliphatic heterocycles. The zero-order valence-electron chi connectivity index (χ0n) is 10.3. The van der Waals surface area contributed by atoms with Gasteiger partial charge in [0.15, 0.2) is 0 Å². The molecule has 1 aromatic rings. The number of hydrogen-bond donors (Lipinski definition) is 2. The molecule has 0 heterocycles. The van der Waals surface area contributed by atoms with Crippen molar-refractivity contribution in [2.24, 2.45) is 0 Å². The molecule has 0 aliphatic carbocycles. The minimum Gasteiger partial charge on any atom is -0.496 e. The molecule has 0 aliphatic rings. The number of ether oxygens (including phenoxy) is 1. The summed E-state index contributed by atoms with van der Waals surface area (Å²) in [4.78, 5) is 22.9. The van der Waals surface area contributed by atoms with Crippen molar-refractivity contribution in [3.8, 4) is 5.75 Å². The number of carboxylic acids is 1. The van der Waals surface area contributed by atoms with Crippen molar-refractivity contribution < 1.29 is 19.4 Å². The molecule has 6 heteroatoms. The van der Waals surface area contributed by atoms with E-state index in [0.29, 0.717) is 5.75 Å². The molecule has 0 radical (unpaired) electrons. The van der Waals surface area contributed by atoms with Crippen molar-refractivity contribution in [3.63, 3.8) is 0 Å². The third kappa shape index (κ3) is 3.22. The van der Waals surface area contributed by atoms with Gasteiger partial charge in [-0.25, -0.2) is 4.79 Å². The Hall–Kier alpha value is -1.56. The minimum absolute atomic E-state index is 0.287. The van der Waals surface area contributed by atoms with Crippen LogP contribution < -0.4 is 10.1 Å². The molecule has 0 aromatic heterocycles. The van der Waals surface area contributed by atoms with Crippen LogP contribution in [0.4, 0.5) is 0 Å². The Morgan fingerprint density at radius 3 is 2.50 bits per heavy atom. The fourth-order valence-corrected chi connectivity index (χ4v) is 1.60. The summed E-state index contributed by atoms with van der Waals surface area (Å²) in [6.45, 7) is 2.83. The van der Waals surface area contributed by atoms with Gasteiger partial charge in [-0.3, -0.25) is 4.79 Å². The maximum atomic E-state index is 12.0. The first-order valence-electron chi connectivity index (χ1n) is 5.17. The van der Waals surface area contributed by atoms with Gasteiger partial charge in [0.05, 0.1) is 12.7 Å². The van der Waals surface area contributed by atoms with Crippen molar-refractivity contribution in [1.82, 2.24) is 5.32 Å². The number of hydrogen-bond acceptors (Lipinski definition) is 3. The van der Waals surface area contributed by atoms with E-state index in [9.17, 15) is 9.59 Å². The Morgan fingerprint density at radius 1 is 1.39 bits per heavy atom. The second-order valence-corrected chi connectivity index (χ2v) is 5.14. The Labute approximate surface area is 113 Å². The van der Waals surface area contributed by atoms with Crippen LogP contribution in [-0.2, 0) is 4.79 Å². The van der Waals surface area contributed by atoms with Gasteiger partial charge in [0.1, 0.15) is 11.3 Å². The Kier molecular flexibility index (Phi) is 4.34. The van der Waals surface area contributed by atoms with Crippen molar-refractivity contribution >= 4 is 27.8 Å². The number of aliphatic carboxylic acids is 1. The van der Waals surface area contributed by atoms with E-state index in [1.54, 1.807) is 18.2 Å². The molecule has 0 spiro atoms. The van der Waals surface area contributed by atoms with Crippen LogP contribution in [0.5, 0.6) is 5.75 Å². The van der Waals surface area contributed by atoms with Gasteiger partial charge in [0, 0.05) is 4.47 Å². The number of rotatable bonds is 4. The summed E-state index contributed by atoms with van der Waals surface area (Å²) in [5, 5.41) is 11.4. The summed E-state index contributed by atoms with van der Waals surface area (Å²) in [6.07, 6.45) is 0. The minimum atomic E-state index is -1.34. The lowest BCUT2D eigenvalue weighted by Crippen LogP contribution is -2.49. The Morgan fingerprint density at radius 2 is 2.00 bits per heavy atom.